The highest BCUT2D eigenvalue weighted by atomic mass is 19.4. The molecule has 2 aliphatic rings. The van der Waals surface area contributed by atoms with E-state index in [2.05, 4.69) is 16.8 Å². The zero-order valence-electron chi connectivity index (χ0n) is 18.9. The zero-order chi connectivity index (χ0) is 24.5. The number of ether oxygens (including phenoxy) is 1. The normalized spacial score (nSPS) is 22.5. The Morgan fingerprint density at radius 2 is 2.03 bits per heavy atom. The van der Waals surface area contributed by atoms with E-state index in [1.165, 1.54) is 11.1 Å². The Bertz CT molecular complexity index is 1160. The van der Waals surface area contributed by atoms with Crippen molar-refractivity contribution in [2.45, 2.75) is 44.2 Å². The summed E-state index contributed by atoms with van der Waals surface area (Å²) in [5, 5.41) is 10.9. The van der Waals surface area contributed by atoms with Crippen molar-refractivity contribution in [2.75, 3.05) is 13.7 Å². The number of hydrogen-bond donors (Lipinski definition) is 2. The van der Waals surface area contributed by atoms with Crippen LogP contribution in [-0.2, 0) is 16.7 Å². The molecule has 0 saturated carbocycles. The fraction of sp³-hybridized carbons (Fsp3) is 0.400. The molecule has 1 spiro atoms. The number of benzene rings is 2. The van der Waals surface area contributed by atoms with Gasteiger partial charge in [0.2, 0.25) is 11.7 Å². The van der Waals surface area contributed by atoms with E-state index in [1.807, 2.05) is 0 Å². The van der Waals surface area contributed by atoms with Crippen LogP contribution < -0.4 is 10.5 Å². The van der Waals surface area contributed by atoms with Gasteiger partial charge in [-0.05, 0) is 48.7 Å². The van der Waals surface area contributed by atoms with Gasteiger partial charge >= 0.3 is 6.18 Å². The molecule has 2 aromatic carbocycles. The van der Waals surface area contributed by atoms with Gasteiger partial charge in [-0.15, -0.1) is 11.8 Å². The summed E-state index contributed by atoms with van der Waals surface area (Å²) in [5.74, 6) is 6.55. The monoisotopic (exact) mass is 473 g/mol. The molecule has 3 N–H and O–H groups in total. The van der Waals surface area contributed by atoms with Gasteiger partial charge in [0.25, 0.3) is 0 Å². The van der Waals surface area contributed by atoms with Crippen molar-refractivity contribution in [1.29, 1.82) is 0 Å². The molecule has 0 fully saturated rings. The van der Waals surface area contributed by atoms with E-state index >= 15 is 0 Å². The Morgan fingerprint density at radius 1 is 1.26 bits per heavy atom. The van der Waals surface area contributed by atoms with E-state index < -0.39 is 17.5 Å². The van der Waals surface area contributed by atoms with Gasteiger partial charge in [0.05, 0.1) is 11.1 Å². The molecule has 0 aromatic heterocycles. The number of alkyl halides is 3. The van der Waals surface area contributed by atoms with E-state index in [0.29, 0.717) is 41.7 Å². The smallest absolute Gasteiger partial charge is 0.416 e. The minimum Gasteiger partial charge on any atom is -0.489 e. The molecule has 0 radical (unpaired) electrons. The average molecular weight is 473 g/mol. The minimum atomic E-state index is -4.44. The number of nitrogens with two attached hydrogens (primary N) is 1. The third-order valence-corrected chi connectivity index (χ3v) is 6.15. The van der Waals surface area contributed by atoms with Crippen LogP contribution in [0.25, 0.3) is 11.1 Å². The summed E-state index contributed by atoms with van der Waals surface area (Å²) >= 11 is 0. The average Bonchev–Trinajstić information content (AvgIpc) is 3.09. The van der Waals surface area contributed by atoms with Gasteiger partial charge in [0.1, 0.15) is 11.9 Å². The molecule has 2 aliphatic heterocycles. The SMILES string of the molecule is CC#CCC(CCO)C1C[C@@]2(N=C(N)N(C)O2)c2cc(-c3cccc(C(F)(F)F)c3)ccc2O1. The van der Waals surface area contributed by atoms with Crippen molar-refractivity contribution in [3.05, 3.63) is 53.6 Å². The van der Waals surface area contributed by atoms with Gasteiger partial charge in [0, 0.05) is 32.4 Å². The first kappa shape index (κ1) is 23.9. The lowest BCUT2D eigenvalue weighted by Gasteiger charge is -2.39. The number of halogens is 3. The van der Waals surface area contributed by atoms with Crippen molar-refractivity contribution in [1.82, 2.24) is 5.06 Å². The van der Waals surface area contributed by atoms with Crippen molar-refractivity contribution in [3.63, 3.8) is 0 Å². The van der Waals surface area contributed by atoms with Crippen LogP contribution in [-0.4, -0.2) is 35.9 Å². The maximum Gasteiger partial charge on any atom is 0.416 e. The number of aliphatic imine (C=N–C) groups is 1. The van der Waals surface area contributed by atoms with Crippen LogP contribution in [0.15, 0.2) is 47.5 Å². The first-order chi connectivity index (χ1) is 16.2. The topological polar surface area (TPSA) is 80.3 Å². The van der Waals surface area contributed by atoms with Crippen molar-refractivity contribution >= 4 is 5.96 Å². The molecule has 0 bridgehead atoms. The molecule has 6 nitrogen and oxygen atoms in total. The van der Waals surface area contributed by atoms with Crippen LogP contribution in [0, 0.1) is 17.8 Å². The fourth-order valence-corrected chi connectivity index (χ4v) is 4.40. The highest BCUT2D eigenvalue weighted by Crippen LogP contribution is 2.49. The van der Waals surface area contributed by atoms with Crippen molar-refractivity contribution in [3.8, 4) is 28.7 Å². The van der Waals surface area contributed by atoms with E-state index in [0.717, 1.165) is 12.1 Å². The first-order valence-corrected chi connectivity index (χ1v) is 10.9. The van der Waals surface area contributed by atoms with Crippen LogP contribution in [0.2, 0.25) is 0 Å². The molecule has 0 aliphatic carbocycles. The van der Waals surface area contributed by atoms with Crippen LogP contribution >= 0.6 is 0 Å². The molecule has 4 rings (SSSR count). The highest BCUT2D eigenvalue weighted by molar-refractivity contribution is 5.79. The Kier molecular flexibility index (Phi) is 6.47. The Morgan fingerprint density at radius 3 is 2.68 bits per heavy atom. The number of aliphatic hydroxyl groups is 1. The third kappa shape index (κ3) is 4.56. The number of rotatable bonds is 5. The number of hydroxylamine groups is 2. The van der Waals surface area contributed by atoms with Crippen molar-refractivity contribution < 1.29 is 27.9 Å². The molecular weight excluding hydrogens is 447 g/mol. The number of fused-ring (bicyclic) bond motifs is 2. The lowest BCUT2D eigenvalue weighted by Crippen LogP contribution is -2.42. The molecule has 2 aromatic rings. The lowest BCUT2D eigenvalue weighted by atomic mass is 9.83. The summed E-state index contributed by atoms with van der Waals surface area (Å²) in [6.45, 7) is 1.74. The van der Waals surface area contributed by atoms with Gasteiger partial charge in [-0.25, -0.2) is 14.9 Å². The minimum absolute atomic E-state index is 0.0174. The van der Waals surface area contributed by atoms with Crippen LogP contribution in [0.3, 0.4) is 0 Å². The number of aliphatic hydroxyl groups excluding tert-OH is 1. The molecule has 9 heteroatoms. The summed E-state index contributed by atoms with van der Waals surface area (Å²) in [7, 11) is 1.64. The highest BCUT2D eigenvalue weighted by Gasteiger charge is 2.50. The van der Waals surface area contributed by atoms with E-state index in [-0.39, 0.29) is 24.6 Å². The predicted molar refractivity (Wildman–Crippen MR) is 121 cm³/mol. The second-order valence-electron chi connectivity index (χ2n) is 8.40. The summed E-state index contributed by atoms with van der Waals surface area (Å²) in [5.41, 5.74) is 5.69. The molecule has 180 valence electrons. The van der Waals surface area contributed by atoms with E-state index in [4.69, 9.17) is 15.3 Å². The van der Waals surface area contributed by atoms with E-state index in [9.17, 15) is 18.3 Å². The Hall–Kier alpha value is -3.22. The third-order valence-electron chi connectivity index (χ3n) is 6.15. The van der Waals surface area contributed by atoms with Crippen molar-refractivity contribution in [2.24, 2.45) is 16.6 Å². The predicted octanol–water partition coefficient (Wildman–Crippen LogP) is 4.28. The van der Waals surface area contributed by atoms with Crippen LogP contribution in [0.5, 0.6) is 5.75 Å². The summed E-state index contributed by atoms with van der Waals surface area (Å²) in [4.78, 5) is 10.7. The second-order valence-corrected chi connectivity index (χ2v) is 8.40. The summed E-state index contributed by atoms with van der Waals surface area (Å²) < 4.78 is 46.0. The molecule has 2 unspecified atom stereocenters. The van der Waals surface area contributed by atoms with Gasteiger partial charge in [-0.2, -0.15) is 13.2 Å². The maximum absolute atomic E-state index is 13.2. The Labute approximate surface area is 196 Å². The molecular formula is C25H26F3N3O3. The summed E-state index contributed by atoms with van der Waals surface area (Å²) in [6, 6.07) is 10.3. The quantitative estimate of drug-likeness (QED) is 0.634. The Balaban J connectivity index is 1.78. The molecule has 0 amide bonds. The molecule has 2 heterocycles. The largest absolute Gasteiger partial charge is 0.489 e. The molecule has 0 saturated heterocycles. The zero-order valence-corrected chi connectivity index (χ0v) is 18.9. The first-order valence-electron chi connectivity index (χ1n) is 10.9. The lowest BCUT2D eigenvalue weighted by molar-refractivity contribution is -0.194. The van der Waals surface area contributed by atoms with Gasteiger partial charge in [-0.1, -0.05) is 18.2 Å². The number of guanidine groups is 1. The van der Waals surface area contributed by atoms with Crippen LogP contribution in [0.4, 0.5) is 13.2 Å². The van der Waals surface area contributed by atoms with E-state index in [1.54, 1.807) is 38.2 Å². The van der Waals surface area contributed by atoms with Gasteiger partial charge in [0.15, 0.2) is 0 Å². The number of hydrogen-bond acceptors (Lipinski definition) is 6. The van der Waals surface area contributed by atoms with Gasteiger partial charge in [-0.3, -0.25) is 0 Å². The van der Waals surface area contributed by atoms with Crippen LogP contribution in [0.1, 0.15) is 37.3 Å². The molecule has 34 heavy (non-hydrogen) atoms. The molecule has 3 atom stereocenters. The standard InChI is InChI=1S/C25H26F3N3O3/c1-3-4-6-16(11-12-32)22-15-24(30-23(29)31(2)34-24)20-14-18(9-10-21(20)33-22)17-7-5-8-19(13-17)25(26,27)28/h5,7-10,13-14,16,22,32H,6,11-12,15H2,1-2H3,(H2,29,30)/t16?,22?,24-/m0/s1. The number of nitrogens with zero attached hydrogens (tertiary/aromatic N) is 2. The second kappa shape index (κ2) is 9.20. The maximum atomic E-state index is 13.2. The van der Waals surface area contributed by atoms with Gasteiger partial charge < -0.3 is 15.6 Å². The summed E-state index contributed by atoms with van der Waals surface area (Å²) in [6.07, 6.45) is -3.47. The fourth-order valence-electron chi connectivity index (χ4n) is 4.40.